The van der Waals surface area contributed by atoms with Crippen molar-refractivity contribution in [1.82, 2.24) is 14.5 Å². The number of unbranched alkanes of at least 4 members (excludes halogenated alkanes) is 1. The normalized spacial score (nSPS) is 22.7. The van der Waals surface area contributed by atoms with E-state index in [2.05, 4.69) is 105 Å². The van der Waals surface area contributed by atoms with Crippen molar-refractivity contribution in [3.63, 3.8) is 0 Å². The largest absolute Gasteiger partial charge is 0.357 e. The topological polar surface area (TPSA) is 24.0 Å². The van der Waals surface area contributed by atoms with Crippen molar-refractivity contribution < 1.29 is 0 Å². The second-order valence-corrected chi connectivity index (χ2v) is 11.0. The van der Waals surface area contributed by atoms with E-state index in [0.29, 0.717) is 5.54 Å². The number of rotatable bonds is 6. The molecule has 3 nitrogen and oxygen atoms in total. The molecule has 1 saturated carbocycles. The van der Waals surface area contributed by atoms with Gasteiger partial charge in [-0.2, -0.15) is 0 Å². The van der Waals surface area contributed by atoms with Gasteiger partial charge in [0.05, 0.1) is 5.41 Å². The quantitative estimate of drug-likeness (QED) is 0.290. The van der Waals surface area contributed by atoms with Crippen LogP contribution in [0.4, 0.5) is 0 Å². The number of hydrogen-bond acceptors (Lipinski definition) is 1. The van der Waals surface area contributed by atoms with Gasteiger partial charge in [-0.15, -0.1) is 12.4 Å². The van der Waals surface area contributed by atoms with Crippen molar-refractivity contribution in [2.45, 2.75) is 76.7 Å². The third kappa shape index (κ3) is 3.92. The summed E-state index contributed by atoms with van der Waals surface area (Å²) in [6.45, 7) is 7.00. The summed E-state index contributed by atoms with van der Waals surface area (Å²) in [5.74, 6) is 0. The lowest BCUT2D eigenvalue weighted by atomic mass is 9.61. The molecule has 0 aliphatic heterocycles. The zero-order valence-corrected chi connectivity index (χ0v) is 23.2. The molecule has 2 aromatic carbocycles. The maximum Gasteiger partial charge on any atom is 0.0513 e. The minimum absolute atomic E-state index is 0. The third-order valence-corrected chi connectivity index (χ3v) is 9.24. The Kier molecular flexibility index (Phi) is 7.14. The molecule has 35 heavy (non-hydrogen) atoms. The average molecular weight is 492 g/mol. The molecule has 2 aromatic heterocycles. The Bertz CT molecular complexity index is 1280. The van der Waals surface area contributed by atoms with Gasteiger partial charge in [-0.3, -0.25) is 0 Å². The highest BCUT2D eigenvalue weighted by Gasteiger charge is 2.48. The van der Waals surface area contributed by atoms with E-state index in [-0.39, 0.29) is 17.8 Å². The van der Waals surface area contributed by atoms with Gasteiger partial charge in [0.2, 0.25) is 0 Å². The molecule has 0 unspecified atom stereocenters. The average Bonchev–Trinajstić information content (AvgIpc) is 3.33. The van der Waals surface area contributed by atoms with E-state index in [0.717, 1.165) is 0 Å². The number of aryl methyl sites for hydroxylation is 3. The molecule has 0 radical (unpaired) electrons. The predicted molar refractivity (Wildman–Crippen MR) is 153 cm³/mol. The van der Waals surface area contributed by atoms with Gasteiger partial charge in [0, 0.05) is 45.8 Å². The highest BCUT2D eigenvalue weighted by atomic mass is 35.5. The number of fused-ring (bicyclic) bond motifs is 2. The molecule has 0 amide bonds. The van der Waals surface area contributed by atoms with E-state index in [1.54, 1.807) is 0 Å². The van der Waals surface area contributed by atoms with Crippen LogP contribution in [0.1, 0.15) is 74.4 Å². The molecule has 0 spiro atoms. The molecule has 0 atom stereocenters. The fraction of sp³-hybridized carbons (Fsp3) is 0.484. The van der Waals surface area contributed by atoms with E-state index in [1.165, 1.54) is 89.3 Å². The Balaban J connectivity index is 0.00000289. The highest BCUT2D eigenvalue weighted by molar-refractivity contribution is 5.88. The molecule has 5 rings (SSSR count). The van der Waals surface area contributed by atoms with Gasteiger partial charge in [-0.05, 0) is 83.3 Å². The summed E-state index contributed by atoms with van der Waals surface area (Å²) < 4.78 is 2.50. The number of aromatic amines is 1. The Morgan fingerprint density at radius 3 is 2.11 bits per heavy atom. The van der Waals surface area contributed by atoms with E-state index in [1.807, 2.05) is 0 Å². The number of para-hydroxylation sites is 2. The molecule has 1 aliphatic carbocycles. The maximum atomic E-state index is 3.94. The molecule has 0 saturated heterocycles. The summed E-state index contributed by atoms with van der Waals surface area (Å²) in [5, 5.41) is 2.76. The molecule has 2 heterocycles. The number of aromatic nitrogens is 2. The van der Waals surface area contributed by atoms with Crippen LogP contribution < -0.4 is 0 Å². The van der Waals surface area contributed by atoms with Crippen LogP contribution in [0.5, 0.6) is 0 Å². The summed E-state index contributed by atoms with van der Waals surface area (Å²) in [7, 11) is 6.90. The van der Waals surface area contributed by atoms with E-state index in [9.17, 15) is 0 Å². The van der Waals surface area contributed by atoms with Crippen LogP contribution in [-0.4, -0.2) is 34.1 Å². The fourth-order valence-corrected chi connectivity index (χ4v) is 7.20. The molecule has 188 valence electrons. The molecular weight excluding hydrogens is 450 g/mol. The van der Waals surface area contributed by atoms with Crippen LogP contribution in [0, 0.1) is 13.8 Å². The van der Waals surface area contributed by atoms with Crippen LogP contribution in [0.2, 0.25) is 0 Å². The zero-order valence-electron chi connectivity index (χ0n) is 22.4. The Hall–Kier alpha value is -2.23. The number of hydrogen-bond donors (Lipinski definition) is 1. The second kappa shape index (κ2) is 9.67. The minimum atomic E-state index is -0.00726. The van der Waals surface area contributed by atoms with Crippen molar-refractivity contribution >= 4 is 34.2 Å². The first kappa shape index (κ1) is 25.9. The summed E-state index contributed by atoms with van der Waals surface area (Å²) in [6.07, 6.45) is 8.69. The Labute approximate surface area is 217 Å². The van der Waals surface area contributed by atoms with Crippen molar-refractivity contribution in [2.24, 2.45) is 7.05 Å². The van der Waals surface area contributed by atoms with Gasteiger partial charge in [0.1, 0.15) is 0 Å². The maximum absolute atomic E-state index is 3.94. The fourth-order valence-electron chi connectivity index (χ4n) is 7.20. The number of nitrogens with one attached hydrogen (secondary N) is 1. The van der Waals surface area contributed by atoms with Crippen LogP contribution in [0.15, 0.2) is 48.5 Å². The lowest BCUT2D eigenvalue weighted by Gasteiger charge is -2.50. The minimum Gasteiger partial charge on any atom is -0.357 e. The first-order valence-electron chi connectivity index (χ1n) is 13.1. The first-order chi connectivity index (χ1) is 16.3. The molecule has 4 aromatic rings. The van der Waals surface area contributed by atoms with Crippen LogP contribution >= 0.6 is 12.4 Å². The second-order valence-electron chi connectivity index (χ2n) is 11.0. The standard InChI is InChI=1S/C31H41N3.ClH/c1-7-8-17-30(33(4)5)18-20-31(21-19-30,28-22(2)24-13-9-11-15-26(24)32-28)29-23(3)25-14-10-12-16-27(25)34(29)6;/h9-16,32H,7-8,17-21H2,1-6H3;1H. The smallest absolute Gasteiger partial charge is 0.0513 e. The van der Waals surface area contributed by atoms with Gasteiger partial charge < -0.3 is 14.5 Å². The van der Waals surface area contributed by atoms with Gasteiger partial charge in [-0.25, -0.2) is 0 Å². The van der Waals surface area contributed by atoms with Crippen molar-refractivity contribution in [3.8, 4) is 0 Å². The molecule has 1 fully saturated rings. The molecule has 1 aliphatic rings. The zero-order chi connectivity index (χ0) is 24.1. The molecular formula is C31H42ClN3. The number of nitrogens with zero attached hydrogens (tertiary/aromatic N) is 2. The van der Waals surface area contributed by atoms with E-state index >= 15 is 0 Å². The van der Waals surface area contributed by atoms with Crippen LogP contribution in [0.3, 0.4) is 0 Å². The first-order valence-corrected chi connectivity index (χ1v) is 13.1. The van der Waals surface area contributed by atoms with Gasteiger partial charge in [0.25, 0.3) is 0 Å². The number of H-pyrrole nitrogens is 1. The van der Waals surface area contributed by atoms with Crippen LogP contribution in [-0.2, 0) is 12.5 Å². The lowest BCUT2D eigenvalue weighted by molar-refractivity contribution is 0.0637. The predicted octanol–water partition coefficient (Wildman–Crippen LogP) is 8.05. The summed E-state index contributed by atoms with van der Waals surface area (Å²) in [4.78, 5) is 6.49. The third-order valence-electron chi connectivity index (χ3n) is 9.24. The van der Waals surface area contributed by atoms with Gasteiger partial charge in [0.15, 0.2) is 0 Å². The molecule has 1 N–H and O–H groups in total. The lowest BCUT2D eigenvalue weighted by Crippen LogP contribution is -2.51. The van der Waals surface area contributed by atoms with Crippen molar-refractivity contribution in [2.75, 3.05) is 14.1 Å². The summed E-state index contributed by atoms with van der Waals surface area (Å²) in [6, 6.07) is 17.8. The van der Waals surface area contributed by atoms with E-state index < -0.39 is 0 Å². The van der Waals surface area contributed by atoms with Crippen molar-refractivity contribution in [3.05, 3.63) is 71.0 Å². The number of halogens is 1. The van der Waals surface area contributed by atoms with E-state index in [4.69, 9.17) is 0 Å². The van der Waals surface area contributed by atoms with Crippen molar-refractivity contribution in [1.29, 1.82) is 0 Å². The SMILES string of the molecule is CCCCC1(N(C)C)CCC(c2[nH]c3ccccc3c2C)(c2c(C)c3ccccc3n2C)CC1.Cl. The monoisotopic (exact) mass is 491 g/mol. The Morgan fingerprint density at radius 2 is 1.51 bits per heavy atom. The van der Waals surface area contributed by atoms with Crippen LogP contribution in [0.25, 0.3) is 21.8 Å². The Morgan fingerprint density at radius 1 is 0.886 bits per heavy atom. The summed E-state index contributed by atoms with van der Waals surface area (Å²) in [5.41, 5.74) is 8.72. The molecule has 0 bridgehead atoms. The number of benzene rings is 2. The highest BCUT2D eigenvalue weighted by Crippen LogP contribution is 2.53. The van der Waals surface area contributed by atoms with Gasteiger partial charge in [-0.1, -0.05) is 56.2 Å². The molecule has 4 heteroatoms. The summed E-state index contributed by atoms with van der Waals surface area (Å²) >= 11 is 0. The van der Waals surface area contributed by atoms with Gasteiger partial charge >= 0.3 is 0 Å².